The highest BCUT2D eigenvalue weighted by Crippen LogP contribution is 2.40. The Balaban J connectivity index is 1.73. The van der Waals surface area contributed by atoms with Crippen molar-refractivity contribution in [2.75, 3.05) is 5.73 Å². The van der Waals surface area contributed by atoms with Crippen LogP contribution in [0.15, 0.2) is 29.8 Å². The number of nitrogen functional groups attached to an aromatic ring is 1. The summed E-state index contributed by atoms with van der Waals surface area (Å²) in [5, 5.41) is 0. The molecule has 2 fully saturated rings. The Bertz CT molecular complexity index is 665. The van der Waals surface area contributed by atoms with E-state index in [1.54, 1.807) is 18.2 Å². The number of hydrogen-bond acceptors (Lipinski definition) is 5. The van der Waals surface area contributed by atoms with Crippen LogP contribution in [0.5, 0.6) is 0 Å². The first-order chi connectivity index (χ1) is 12.1. The van der Waals surface area contributed by atoms with Gasteiger partial charge in [-0.25, -0.2) is 9.59 Å². The molecule has 0 radical (unpaired) electrons. The zero-order valence-corrected chi connectivity index (χ0v) is 14.6. The Kier molecular flexibility index (Phi) is 5.41. The number of unbranched alkanes of at least 4 members (excludes halogenated alkanes) is 4. The first kappa shape index (κ1) is 17.5. The number of anilines is 1. The molecule has 0 bridgehead atoms. The number of ether oxygens (including phenoxy) is 2. The molecule has 3 atom stereocenters. The molecule has 2 aliphatic heterocycles. The van der Waals surface area contributed by atoms with Gasteiger partial charge in [0.2, 0.25) is 6.10 Å². The third-order valence-corrected chi connectivity index (χ3v) is 4.91. The van der Waals surface area contributed by atoms with Crippen LogP contribution in [-0.4, -0.2) is 24.1 Å². The van der Waals surface area contributed by atoms with Crippen molar-refractivity contribution in [3.63, 3.8) is 0 Å². The van der Waals surface area contributed by atoms with E-state index in [2.05, 4.69) is 6.92 Å². The lowest BCUT2D eigenvalue weighted by atomic mass is 9.88. The van der Waals surface area contributed by atoms with Crippen LogP contribution >= 0.6 is 0 Å². The average Bonchev–Trinajstić information content (AvgIpc) is 3.07. The lowest BCUT2D eigenvalue weighted by Gasteiger charge is -2.15. The summed E-state index contributed by atoms with van der Waals surface area (Å²) in [4.78, 5) is 24.3. The van der Waals surface area contributed by atoms with Crippen molar-refractivity contribution in [2.45, 2.75) is 57.7 Å². The van der Waals surface area contributed by atoms with E-state index in [0.717, 1.165) is 24.8 Å². The van der Waals surface area contributed by atoms with E-state index in [-0.39, 0.29) is 12.0 Å². The van der Waals surface area contributed by atoms with Gasteiger partial charge in [0.15, 0.2) is 0 Å². The Labute approximate surface area is 148 Å². The van der Waals surface area contributed by atoms with Gasteiger partial charge in [-0.2, -0.15) is 0 Å². The number of fused-ring (bicyclic) bond motifs is 1. The molecule has 3 rings (SSSR count). The fourth-order valence-electron chi connectivity index (χ4n) is 3.55. The molecule has 2 heterocycles. The molecule has 5 nitrogen and oxygen atoms in total. The Morgan fingerprint density at radius 1 is 1.04 bits per heavy atom. The quantitative estimate of drug-likeness (QED) is 0.355. The number of carbonyl (C=O) groups is 2. The first-order valence-electron chi connectivity index (χ1n) is 9.08. The van der Waals surface area contributed by atoms with Crippen LogP contribution in [0.3, 0.4) is 0 Å². The minimum absolute atomic E-state index is 0.273. The van der Waals surface area contributed by atoms with Gasteiger partial charge in [-0.3, -0.25) is 0 Å². The number of cyclic esters (lactones) is 1. The smallest absolute Gasteiger partial charge is 0.348 e. The van der Waals surface area contributed by atoms with Crippen LogP contribution < -0.4 is 5.73 Å². The second kappa shape index (κ2) is 7.72. The van der Waals surface area contributed by atoms with Crippen molar-refractivity contribution < 1.29 is 19.1 Å². The van der Waals surface area contributed by atoms with Crippen molar-refractivity contribution in [3.8, 4) is 0 Å². The molecule has 0 aromatic heterocycles. The van der Waals surface area contributed by atoms with Gasteiger partial charge in [0, 0.05) is 11.3 Å². The minimum atomic E-state index is -0.784. The van der Waals surface area contributed by atoms with Gasteiger partial charge in [-0.1, -0.05) is 44.7 Å². The van der Waals surface area contributed by atoms with Crippen LogP contribution in [-0.2, 0) is 19.1 Å². The molecule has 1 aromatic carbocycles. The molecule has 25 heavy (non-hydrogen) atoms. The van der Waals surface area contributed by atoms with E-state index >= 15 is 0 Å². The molecule has 2 aliphatic rings. The second-order valence-electron chi connectivity index (χ2n) is 6.80. The first-order valence-corrected chi connectivity index (χ1v) is 9.08. The van der Waals surface area contributed by atoms with Crippen LogP contribution in [0.2, 0.25) is 0 Å². The van der Waals surface area contributed by atoms with Crippen molar-refractivity contribution >= 4 is 23.7 Å². The van der Waals surface area contributed by atoms with Gasteiger partial charge < -0.3 is 15.2 Å². The zero-order chi connectivity index (χ0) is 17.8. The topological polar surface area (TPSA) is 78.6 Å². The van der Waals surface area contributed by atoms with Crippen molar-refractivity contribution in [1.82, 2.24) is 0 Å². The summed E-state index contributed by atoms with van der Waals surface area (Å²) in [5.41, 5.74) is 7.76. The number of hydrogen-bond donors (Lipinski definition) is 1. The highest BCUT2D eigenvalue weighted by atomic mass is 16.6. The van der Waals surface area contributed by atoms with Gasteiger partial charge in [-0.05, 0) is 36.6 Å². The van der Waals surface area contributed by atoms with Gasteiger partial charge in [0.25, 0.3) is 0 Å². The molecule has 1 aromatic rings. The van der Waals surface area contributed by atoms with E-state index in [1.807, 2.05) is 12.1 Å². The Hall–Kier alpha value is -2.30. The van der Waals surface area contributed by atoms with Crippen molar-refractivity contribution in [2.24, 2.45) is 5.92 Å². The SMILES string of the molecule is CCCCCCC[C@H]1OC(=O)[C@@H]2OC(=O)/C(=C\c3ccc(N)cc3)[C@H]12. The van der Waals surface area contributed by atoms with E-state index in [0.29, 0.717) is 11.3 Å². The van der Waals surface area contributed by atoms with Gasteiger partial charge in [-0.15, -0.1) is 0 Å². The average molecular weight is 343 g/mol. The summed E-state index contributed by atoms with van der Waals surface area (Å²) >= 11 is 0. The van der Waals surface area contributed by atoms with Crippen LogP contribution in [0.1, 0.15) is 51.0 Å². The van der Waals surface area contributed by atoms with Crippen LogP contribution in [0, 0.1) is 5.92 Å². The maximum absolute atomic E-state index is 12.2. The third kappa shape index (κ3) is 3.86. The van der Waals surface area contributed by atoms with Crippen molar-refractivity contribution in [1.29, 1.82) is 0 Å². The molecule has 134 valence electrons. The van der Waals surface area contributed by atoms with E-state index in [1.165, 1.54) is 19.3 Å². The fourth-order valence-corrected chi connectivity index (χ4v) is 3.55. The molecule has 2 saturated heterocycles. The van der Waals surface area contributed by atoms with Gasteiger partial charge >= 0.3 is 11.9 Å². The third-order valence-electron chi connectivity index (χ3n) is 4.91. The maximum atomic E-state index is 12.2. The fraction of sp³-hybridized carbons (Fsp3) is 0.500. The number of benzene rings is 1. The van der Waals surface area contributed by atoms with E-state index < -0.39 is 18.0 Å². The Morgan fingerprint density at radius 2 is 1.76 bits per heavy atom. The van der Waals surface area contributed by atoms with Crippen LogP contribution in [0.4, 0.5) is 5.69 Å². The number of nitrogens with two attached hydrogens (primary N) is 1. The van der Waals surface area contributed by atoms with Gasteiger partial charge in [0.05, 0.1) is 5.92 Å². The molecule has 0 saturated carbocycles. The Morgan fingerprint density at radius 3 is 2.48 bits per heavy atom. The molecular weight excluding hydrogens is 318 g/mol. The summed E-state index contributed by atoms with van der Waals surface area (Å²) in [6.45, 7) is 2.18. The monoisotopic (exact) mass is 343 g/mol. The lowest BCUT2D eigenvalue weighted by Crippen LogP contribution is -2.22. The number of rotatable bonds is 7. The molecule has 0 unspecified atom stereocenters. The molecule has 0 aliphatic carbocycles. The largest absolute Gasteiger partial charge is 0.459 e. The minimum Gasteiger partial charge on any atom is -0.459 e. The summed E-state index contributed by atoms with van der Waals surface area (Å²) in [7, 11) is 0. The number of esters is 2. The van der Waals surface area contributed by atoms with Crippen LogP contribution in [0.25, 0.3) is 6.08 Å². The highest BCUT2D eigenvalue weighted by molar-refractivity contribution is 6.01. The molecule has 5 heteroatoms. The lowest BCUT2D eigenvalue weighted by molar-refractivity contribution is -0.156. The maximum Gasteiger partial charge on any atom is 0.348 e. The molecule has 2 N–H and O–H groups in total. The normalized spacial score (nSPS) is 26.6. The van der Waals surface area contributed by atoms with E-state index in [9.17, 15) is 9.59 Å². The second-order valence-corrected chi connectivity index (χ2v) is 6.80. The highest BCUT2D eigenvalue weighted by Gasteiger charge is 2.55. The zero-order valence-electron chi connectivity index (χ0n) is 14.6. The molecular formula is C20H25NO4. The summed E-state index contributed by atoms with van der Waals surface area (Å²) in [5.74, 6) is -1.14. The summed E-state index contributed by atoms with van der Waals surface area (Å²) < 4.78 is 10.8. The van der Waals surface area contributed by atoms with Crippen molar-refractivity contribution in [3.05, 3.63) is 35.4 Å². The summed E-state index contributed by atoms with van der Waals surface area (Å²) in [6, 6.07) is 7.26. The predicted molar refractivity (Wildman–Crippen MR) is 95.5 cm³/mol. The number of carbonyl (C=O) groups excluding carboxylic acids is 2. The molecule has 0 amide bonds. The van der Waals surface area contributed by atoms with Gasteiger partial charge in [0.1, 0.15) is 6.10 Å². The standard InChI is InChI=1S/C20H25NO4/c1-2-3-4-5-6-7-16-17-15(12-13-8-10-14(21)11-9-13)19(22)25-18(17)20(23)24-16/h8-12,16-18H,2-7,21H2,1H3/b15-12-/t16-,17-,18-/m1/s1. The van der Waals surface area contributed by atoms with E-state index in [4.69, 9.17) is 15.2 Å². The predicted octanol–water partition coefficient (Wildman–Crippen LogP) is 3.48. The molecule has 0 spiro atoms. The summed E-state index contributed by atoms with van der Waals surface area (Å²) in [6.07, 6.45) is 7.22.